The smallest absolute Gasteiger partial charge is 0.328 e. The summed E-state index contributed by atoms with van der Waals surface area (Å²) in [6.07, 6.45) is 0. The van der Waals surface area contributed by atoms with Crippen molar-refractivity contribution >= 4 is 11.9 Å². The monoisotopic (exact) mass is 216 g/mol. The van der Waals surface area contributed by atoms with Crippen LogP contribution in [0.5, 0.6) is 0 Å². The number of rotatable bonds is 5. The predicted molar refractivity (Wildman–Crippen MR) is 57.2 cm³/mol. The average molecular weight is 216 g/mol. The standard InChI is InChI=1S/C10H20N2O3/c1-6(2)7(5-11)8(13)12-10(3,4)9(14)15/h6-7H,5,11H2,1-4H3,(H,12,13)(H,14,15). The van der Waals surface area contributed by atoms with E-state index in [0.29, 0.717) is 0 Å². The van der Waals surface area contributed by atoms with E-state index >= 15 is 0 Å². The third kappa shape index (κ3) is 3.87. The number of nitrogens with two attached hydrogens (primary N) is 1. The van der Waals surface area contributed by atoms with Gasteiger partial charge in [0.05, 0.1) is 5.92 Å². The van der Waals surface area contributed by atoms with Crippen molar-refractivity contribution in [3.63, 3.8) is 0 Å². The van der Waals surface area contributed by atoms with Gasteiger partial charge in [0, 0.05) is 6.54 Å². The highest BCUT2D eigenvalue weighted by Crippen LogP contribution is 2.11. The number of carboxylic acid groups (broad SMARTS) is 1. The van der Waals surface area contributed by atoms with E-state index in [2.05, 4.69) is 5.32 Å². The van der Waals surface area contributed by atoms with Crippen molar-refractivity contribution in [3.05, 3.63) is 0 Å². The van der Waals surface area contributed by atoms with E-state index in [0.717, 1.165) is 0 Å². The molecule has 0 bridgehead atoms. The van der Waals surface area contributed by atoms with Crippen molar-refractivity contribution in [2.45, 2.75) is 33.2 Å². The lowest BCUT2D eigenvalue weighted by atomic mass is 9.93. The minimum absolute atomic E-state index is 0.0968. The molecule has 0 aromatic heterocycles. The Hall–Kier alpha value is -1.10. The summed E-state index contributed by atoms with van der Waals surface area (Å²) in [5.74, 6) is -1.61. The van der Waals surface area contributed by atoms with E-state index in [1.807, 2.05) is 13.8 Å². The fraction of sp³-hybridized carbons (Fsp3) is 0.800. The minimum atomic E-state index is -1.25. The van der Waals surface area contributed by atoms with Crippen LogP contribution in [0.1, 0.15) is 27.7 Å². The maximum atomic E-state index is 11.7. The van der Waals surface area contributed by atoms with Gasteiger partial charge in [0.1, 0.15) is 5.54 Å². The van der Waals surface area contributed by atoms with Crippen LogP contribution in [0.15, 0.2) is 0 Å². The molecule has 0 saturated heterocycles. The fourth-order valence-electron chi connectivity index (χ4n) is 1.14. The third-order valence-corrected chi connectivity index (χ3v) is 2.37. The van der Waals surface area contributed by atoms with Crippen LogP contribution in [0.25, 0.3) is 0 Å². The van der Waals surface area contributed by atoms with Crippen LogP contribution in [-0.2, 0) is 9.59 Å². The number of amides is 1. The van der Waals surface area contributed by atoms with Crippen molar-refractivity contribution < 1.29 is 14.7 Å². The van der Waals surface area contributed by atoms with Gasteiger partial charge in [-0.2, -0.15) is 0 Å². The molecular formula is C10H20N2O3. The van der Waals surface area contributed by atoms with Gasteiger partial charge < -0.3 is 16.2 Å². The van der Waals surface area contributed by atoms with Crippen molar-refractivity contribution in [1.82, 2.24) is 5.32 Å². The lowest BCUT2D eigenvalue weighted by Crippen LogP contribution is -2.53. The van der Waals surface area contributed by atoms with Crippen LogP contribution in [0.3, 0.4) is 0 Å². The Bertz CT molecular complexity index is 249. The number of hydrogen-bond donors (Lipinski definition) is 3. The first-order valence-corrected chi connectivity index (χ1v) is 4.98. The molecule has 0 radical (unpaired) electrons. The topological polar surface area (TPSA) is 92.4 Å². The molecule has 0 heterocycles. The first kappa shape index (κ1) is 13.9. The first-order valence-electron chi connectivity index (χ1n) is 4.98. The number of hydrogen-bond acceptors (Lipinski definition) is 3. The van der Waals surface area contributed by atoms with Crippen LogP contribution < -0.4 is 11.1 Å². The number of carbonyl (C=O) groups excluding carboxylic acids is 1. The second kappa shape index (κ2) is 5.11. The second-order valence-corrected chi connectivity index (χ2v) is 4.51. The van der Waals surface area contributed by atoms with E-state index in [1.54, 1.807) is 0 Å². The molecular weight excluding hydrogens is 196 g/mol. The predicted octanol–water partition coefficient (Wildman–Crippen LogP) is 0.197. The molecule has 15 heavy (non-hydrogen) atoms. The minimum Gasteiger partial charge on any atom is -0.480 e. The van der Waals surface area contributed by atoms with Gasteiger partial charge in [-0.3, -0.25) is 4.79 Å². The lowest BCUT2D eigenvalue weighted by molar-refractivity contribution is -0.146. The van der Waals surface area contributed by atoms with Crippen LogP contribution in [0.2, 0.25) is 0 Å². The van der Waals surface area contributed by atoms with Gasteiger partial charge in [-0.15, -0.1) is 0 Å². The normalized spacial score (nSPS) is 13.7. The molecule has 1 unspecified atom stereocenters. The fourth-order valence-corrected chi connectivity index (χ4v) is 1.14. The molecule has 5 nitrogen and oxygen atoms in total. The second-order valence-electron chi connectivity index (χ2n) is 4.51. The van der Waals surface area contributed by atoms with Gasteiger partial charge in [-0.1, -0.05) is 13.8 Å². The molecule has 5 heteroatoms. The number of carbonyl (C=O) groups is 2. The Labute approximate surface area is 90.0 Å². The first-order chi connectivity index (χ1) is 6.72. The quantitative estimate of drug-likeness (QED) is 0.612. The van der Waals surface area contributed by atoms with Crippen LogP contribution in [0, 0.1) is 11.8 Å². The van der Waals surface area contributed by atoms with E-state index < -0.39 is 11.5 Å². The molecule has 0 fully saturated rings. The summed E-state index contributed by atoms with van der Waals surface area (Å²) >= 11 is 0. The molecule has 88 valence electrons. The van der Waals surface area contributed by atoms with Crippen molar-refractivity contribution in [2.24, 2.45) is 17.6 Å². The number of aliphatic carboxylic acids is 1. The number of nitrogens with one attached hydrogen (secondary N) is 1. The third-order valence-electron chi connectivity index (χ3n) is 2.37. The van der Waals surface area contributed by atoms with Crippen LogP contribution in [-0.4, -0.2) is 29.1 Å². The molecule has 0 aromatic carbocycles. The van der Waals surface area contributed by atoms with E-state index in [4.69, 9.17) is 10.8 Å². The molecule has 4 N–H and O–H groups in total. The molecule has 1 atom stereocenters. The highest BCUT2D eigenvalue weighted by atomic mass is 16.4. The van der Waals surface area contributed by atoms with E-state index in [9.17, 15) is 9.59 Å². The van der Waals surface area contributed by atoms with Gasteiger partial charge in [0.25, 0.3) is 0 Å². The van der Waals surface area contributed by atoms with Crippen LogP contribution >= 0.6 is 0 Å². The zero-order valence-electron chi connectivity index (χ0n) is 9.70. The van der Waals surface area contributed by atoms with Crippen molar-refractivity contribution in [2.75, 3.05) is 6.54 Å². The zero-order valence-corrected chi connectivity index (χ0v) is 9.70. The SMILES string of the molecule is CC(C)C(CN)C(=O)NC(C)(C)C(=O)O. The summed E-state index contributed by atoms with van der Waals surface area (Å²) in [6.45, 7) is 6.87. The largest absolute Gasteiger partial charge is 0.480 e. The molecule has 1 amide bonds. The Balaban J connectivity index is 4.54. The molecule has 0 aliphatic heterocycles. The molecule has 0 aliphatic carbocycles. The maximum Gasteiger partial charge on any atom is 0.328 e. The Morgan fingerprint density at radius 2 is 1.87 bits per heavy atom. The van der Waals surface area contributed by atoms with E-state index in [-0.39, 0.29) is 24.3 Å². The summed E-state index contributed by atoms with van der Waals surface area (Å²) in [7, 11) is 0. The van der Waals surface area contributed by atoms with Crippen molar-refractivity contribution in [3.8, 4) is 0 Å². The van der Waals surface area contributed by atoms with Crippen molar-refractivity contribution in [1.29, 1.82) is 0 Å². The summed E-state index contributed by atoms with van der Waals surface area (Å²) < 4.78 is 0. The molecule has 0 aliphatic rings. The molecule has 0 aromatic rings. The summed E-state index contributed by atoms with van der Waals surface area (Å²) in [5, 5.41) is 11.3. The zero-order chi connectivity index (χ0) is 12.2. The maximum absolute atomic E-state index is 11.7. The highest BCUT2D eigenvalue weighted by Gasteiger charge is 2.32. The summed E-state index contributed by atoms with van der Waals surface area (Å²) in [6, 6.07) is 0. The summed E-state index contributed by atoms with van der Waals surface area (Å²) in [4.78, 5) is 22.5. The van der Waals surface area contributed by atoms with Crippen LogP contribution in [0.4, 0.5) is 0 Å². The van der Waals surface area contributed by atoms with Gasteiger partial charge in [-0.05, 0) is 19.8 Å². The lowest BCUT2D eigenvalue weighted by Gasteiger charge is -2.25. The van der Waals surface area contributed by atoms with Gasteiger partial charge in [0.2, 0.25) is 5.91 Å². The van der Waals surface area contributed by atoms with E-state index in [1.165, 1.54) is 13.8 Å². The Morgan fingerprint density at radius 3 is 2.13 bits per heavy atom. The average Bonchev–Trinajstić information content (AvgIpc) is 2.02. The van der Waals surface area contributed by atoms with Gasteiger partial charge >= 0.3 is 5.97 Å². The Kier molecular flexibility index (Phi) is 4.74. The van der Waals surface area contributed by atoms with Gasteiger partial charge in [-0.25, -0.2) is 4.79 Å². The summed E-state index contributed by atoms with van der Waals surface area (Å²) in [5.41, 5.74) is 4.21. The highest BCUT2D eigenvalue weighted by molar-refractivity contribution is 5.87. The molecule has 0 spiro atoms. The van der Waals surface area contributed by atoms with Gasteiger partial charge in [0.15, 0.2) is 0 Å². The Morgan fingerprint density at radius 1 is 1.40 bits per heavy atom. The number of carboxylic acids is 1. The molecule has 0 rings (SSSR count). The molecule has 0 saturated carbocycles.